The highest BCUT2D eigenvalue weighted by atomic mass is 35.5. The third kappa shape index (κ3) is 5.40. The molecule has 2 N–H and O–H groups in total. The van der Waals surface area contributed by atoms with Gasteiger partial charge in [0.05, 0.1) is 28.2 Å². The molecule has 0 aliphatic carbocycles. The fourth-order valence-corrected chi connectivity index (χ4v) is 2.78. The maximum Gasteiger partial charge on any atom is 0.271 e. The SMILES string of the molecule is O=C(N/N=C\c1c(F)cccc1Cl)c1ccc(N/N=C\c2c(F)cccc2Cl)cc1. The lowest BCUT2D eigenvalue weighted by Crippen LogP contribution is -2.17. The van der Waals surface area contributed by atoms with Gasteiger partial charge in [0.15, 0.2) is 0 Å². The topological polar surface area (TPSA) is 65.8 Å². The number of hydrogen-bond donors (Lipinski definition) is 2. The van der Waals surface area contributed by atoms with Gasteiger partial charge in [-0.25, -0.2) is 14.2 Å². The maximum atomic E-state index is 13.7. The number of rotatable bonds is 6. The average molecular weight is 447 g/mol. The molecule has 0 saturated heterocycles. The lowest BCUT2D eigenvalue weighted by atomic mass is 10.2. The number of amides is 1. The Kier molecular flexibility index (Phi) is 7.11. The molecular weight excluding hydrogens is 433 g/mol. The summed E-state index contributed by atoms with van der Waals surface area (Å²) in [4.78, 5) is 12.1. The lowest BCUT2D eigenvalue weighted by molar-refractivity contribution is 0.0955. The minimum absolute atomic E-state index is 0.0758. The number of halogens is 4. The Morgan fingerprint density at radius 2 is 1.33 bits per heavy atom. The molecule has 9 heteroatoms. The zero-order valence-electron chi connectivity index (χ0n) is 15.2. The minimum atomic E-state index is -0.548. The van der Waals surface area contributed by atoms with Gasteiger partial charge in [-0.05, 0) is 48.5 Å². The van der Waals surface area contributed by atoms with Crippen molar-refractivity contribution in [3.8, 4) is 0 Å². The van der Waals surface area contributed by atoms with Gasteiger partial charge in [-0.15, -0.1) is 0 Å². The second-order valence-electron chi connectivity index (χ2n) is 5.92. The Labute approximate surface area is 181 Å². The van der Waals surface area contributed by atoms with Gasteiger partial charge in [0.25, 0.3) is 5.91 Å². The van der Waals surface area contributed by atoms with Gasteiger partial charge < -0.3 is 0 Å². The predicted molar refractivity (Wildman–Crippen MR) is 116 cm³/mol. The molecule has 0 aliphatic heterocycles. The van der Waals surface area contributed by atoms with E-state index in [9.17, 15) is 13.6 Å². The van der Waals surface area contributed by atoms with E-state index in [1.165, 1.54) is 48.7 Å². The zero-order valence-corrected chi connectivity index (χ0v) is 16.8. The molecule has 0 aromatic heterocycles. The molecular formula is C21H14Cl2F2N4O. The largest absolute Gasteiger partial charge is 0.279 e. The summed E-state index contributed by atoms with van der Waals surface area (Å²) in [6.45, 7) is 0. The number of nitrogens with zero attached hydrogens (tertiary/aromatic N) is 2. The molecule has 0 unspecified atom stereocenters. The summed E-state index contributed by atoms with van der Waals surface area (Å²) in [6, 6.07) is 14.8. The highest BCUT2D eigenvalue weighted by Crippen LogP contribution is 2.18. The molecule has 3 aromatic carbocycles. The summed E-state index contributed by atoms with van der Waals surface area (Å²) in [5.41, 5.74) is 6.14. The number of carbonyl (C=O) groups excluding carboxylic acids is 1. The highest BCUT2D eigenvalue weighted by molar-refractivity contribution is 6.33. The Bertz CT molecular complexity index is 1080. The standard InChI is InChI=1S/C21H14Cl2F2N4O/c22-17-3-1-5-19(24)15(17)11-26-28-14-9-7-13(8-10-14)21(30)29-27-12-16-18(23)4-2-6-20(16)25/h1-12,28H,(H,29,30)/b26-11-,27-12-. The first-order valence-electron chi connectivity index (χ1n) is 8.56. The van der Waals surface area contributed by atoms with E-state index in [4.69, 9.17) is 23.2 Å². The monoisotopic (exact) mass is 446 g/mol. The molecule has 0 bridgehead atoms. The number of benzene rings is 3. The number of hydrazone groups is 2. The molecule has 3 rings (SSSR count). The van der Waals surface area contributed by atoms with Crippen LogP contribution >= 0.6 is 23.2 Å². The Hall–Kier alpha value is -3.29. The van der Waals surface area contributed by atoms with E-state index in [0.717, 1.165) is 6.21 Å². The van der Waals surface area contributed by atoms with Crippen molar-refractivity contribution in [3.05, 3.63) is 99.0 Å². The van der Waals surface area contributed by atoms with E-state index < -0.39 is 17.5 Å². The molecule has 5 nitrogen and oxygen atoms in total. The van der Waals surface area contributed by atoms with Gasteiger partial charge in [-0.3, -0.25) is 10.2 Å². The van der Waals surface area contributed by atoms with Gasteiger partial charge in [0.1, 0.15) is 11.6 Å². The van der Waals surface area contributed by atoms with Crippen LogP contribution in [0.25, 0.3) is 0 Å². The third-order valence-corrected chi connectivity index (χ3v) is 4.55. The first-order valence-corrected chi connectivity index (χ1v) is 9.32. The van der Waals surface area contributed by atoms with Crippen LogP contribution in [0.4, 0.5) is 14.5 Å². The minimum Gasteiger partial charge on any atom is -0.279 e. The summed E-state index contributed by atoms with van der Waals surface area (Å²) in [7, 11) is 0. The van der Waals surface area contributed by atoms with Crippen molar-refractivity contribution in [2.75, 3.05) is 5.43 Å². The van der Waals surface area contributed by atoms with E-state index in [1.54, 1.807) is 18.2 Å². The van der Waals surface area contributed by atoms with E-state index >= 15 is 0 Å². The summed E-state index contributed by atoms with van der Waals surface area (Å²) in [6.07, 6.45) is 2.40. The Morgan fingerprint density at radius 1 is 0.800 bits per heavy atom. The van der Waals surface area contributed by atoms with Crippen LogP contribution in [0.5, 0.6) is 0 Å². The smallest absolute Gasteiger partial charge is 0.271 e. The zero-order chi connectivity index (χ0) is 21.5. The first-order chi connectivity index (χ1) is 14.5. The molecule has 0 atom stereocenters. The fourth-order valence-electron chi connectivity index (χ4n) is 2.36. The fraction of sp³-hybridized carbons (Fsp3) is 0. The predicted octanol–water partition coefficient (Wildman–Crippen LogP) is 5.48. The number of nitrogens with one attached hydrogen (secondary N) is 2. The first kappa shape index (κ1) is 21.4. The summed E-state index contributed by atoms with van der Waals surface area (Å²) in [5, 5.41) is 8.08. The molecule has 0 radical (unpaired) electrons. The summed E-state index contributed by atoms with van der Waals surface area (Å²) in [5.74, 6) is -1.53. The molecule has 0 fully saturated rings. The molecule has 0 saturated carbocycles. The quantitative estimate of drug-likeness (QED) is 0.388. The van der Waals surface area contributed by atoms with Crippen molar-refractivity contribution >= 4 is 47.2 Å². The second kappa shape index (κ2) is 9.96. The van der Waals surface area contributed by atoms with Crippen LogP contribution in [-0.2, 0) is 0 Å². The van der Waals surface area contributed by atoms with E-state index in [-0.39, 0.29) is 21.2 Å². The van der Waals surface area contributed by atoms with Crippen molar-refractivity contribution in [3.63, 3.8) is 0 Å². The molecule has 3 aromatic rings. The maximum absolute atomic E-state index is 13.7. The van der Waals surface area contributed by atoms with Crippen LogP contribution in [0, 0.1) is 11.6 Å². The highest BCUT2D eigenvalue weighted by Gasteiger charge is 2.07. The molecule has 152 valence electrons. The van der Waals surface area contributed by atoms with Crippen molar-refractivity contribution in [2.24, 2.45) is 10.2 Å². The number of hydrogen-bond acceptors (Lipinski definition) is 4. The van der Waals surface area contributed by atoms with Crippen LogP contribution in [0.3, 0.4) is 0 Å². The number of carbonyl (C=O) groups is 1. The van der Waals surface area contributed by atoms with E-state index in [1.807, 2.05) is 0 Å². The van der Waals surface area contributed by atoms with Gasteiger partial charge in [-0.1, -0.05) is 35.3 Å². The van der Waals surface area contributed by atoms with Crippen LogP contribution < -0.4 is 10.9 Å². The summed E-state index contributed by atoms with van der Waals surface area (Å²) >= 11 is 11.8. The van der Waals surface area contributed by atoms with Crippen LogP contribution in [0.1, 0.15) is 21.5 Å². The normalized spacial score (nSPS) is 11.2. The van der Waals surface area contributed by atoms with Gasteiger partial charge in [-0.2, -0.15) is 10.2 Å². The van der Waals surface area contributed by atoms with E-state index in [2.05, 4.69) is 21.1 Å². The molecule has 0 aliphatic rings. The average Bonchev–Trinajstić information content (AvgIpc) is 2.73. The molecule has 0 spiro atoms. The van der Waals surface area contributed by atoms with Crippen molar-refractivity contribution < 1.29 is 13.6 Å². The van der Waals surface area contributed by atoms with Crippen LogP contribution in [-0.4, -0.2) is 18.3 Å². The van der Waals surface area contributed by atoms with Gasteiger partial charge in [0.2, 0.25) is 0 Å². The third-order valence-electron chi connectivity index (χ3n) is 3.89. The number of anilines is 1. The molecule has 30 heavy (non-hydrogen) atoms. The van der Waals surface area contributed by atoms with E-state index in [0.29, 0.717) is 11.3 Å². The van der Waals surface area contributed by atoms with Crippen molar-refractivity contribution in [1.82, 2.24) is 5.43 Å². The Balaban J connectivity index is 1.59. The summed E-state index contributed by atoms with van der Waals surface area (Å²) < 4.78 is 27.3. The molecule has 0 heterocycles. The molecule has 1 amide bonds. The van der Waals surface area contributed by atoms with Crippen LogP contribution in [0.15, 0.2) is 70.9 Å². The van der Waals surface area contributed by atoms with Gasteiger partial charge >= 0.3 is 0 Å². The lowest BCUT2D eigenvalue weighted by Gasteiger charge is -2.04. The van der Waals surface area contributed by atoms with Crippen molar-refractivity contribution in [2.45, 2.75) is 0 Å². The van der Waals surface area contributed by atoms with Crippen molar-refractivity contribution in [1.29, 1.82) is 0 Å². The second-order valence-corrected chi connectivity index (χ2v) is 6.73. The van der Waals surface area contributed by atoms with Crippen LogP contribution in [0.2, 0.25) is 10.0 Å². The van der Waals surface area contributed by atoms with Gasteiger partial charge in [0, 0.05) is 16.7 Å². The Morgan fingerprint density at radius 3 is 1.87 bits per heavy atom.